The number of aliphatic hydroxyl groups is 1. The Hall–Kier alpha value is -1.07. The molecule has 0 spiro atoms. The normalized spacial score (nSPS) is 20.6. The van der Waals surface area contributed by atoms with Crippen LogP contribution in [0.2, 0.25) is 0 Å². The third-order valence-electron chi connectivity index (χ3n) is 2.90. The number of allylic oxidation sites excluding steroid dienone is 3. The molecule has 0 aromatic heterocycles. The van der Waals surface area contributed by atoms with Crippen molar-refractivity contribution in [3.63, 3.8) is 0 Å². The first-order valence-corrected chi connectivity index (χ1v) is 5.97. The third-order valence-corrected chi connectivity index (χ3v) is 3.36. The standard InChI is InChI=1S/C11H17ClN2O3/c1-8-7-10(14(16)17)11(12)13(9(8)2)5-3-4-6-15/h7,11,15H,3-6H2,1-2H3. The van der Waals surface area contributed by atoms with E-state index in [-0.39, 0.29) is 12.3 Å². The summed E-state index contributed by atoms with van der Waals surface area (Å²) in [5.41, 5.74) is 1.09. The zero-order valence-electron chi connectivity index (χ0n) is 10.0. The van der Waals surface area contributed by atoms with Gasteiger partial charge in [0.2, 0.25) is 0 Å². The van der Waals surface area contributed by atoms with Crippen molar-refractivity contribution in [2.24, 2.45) is 0 Å². The Balaban J connectivity index is 2.84. The van der Waals surface area contributed by atoms with E-state index in [0.29, 0.717) is 13.0 Å². The molecule has 0 aliphatic carbocycles. The average molecular weight is 261 g/mol. The molecule has 0 radical (unpaired) electrons. The summed E-state index contributed by atoms with van der Waals surface area (Å²) in [7, 11) is 0. The highest BCUT2D eigenvalue weighted by atomic mass is 35.5. The minimum absolute atomic E-state index is 0.0127. The maximum absolute atomic E-state index is 10.9. The Labute approximate surface area is 106 Å². The molecule has 0 aromatic rings. The molecule has 6 heteroatoms. The molecule has 0 saturated carbocycles. The van der Waals surface area contributed by atoms with Crippen molar-refractivity contribution in [2.75, 3.05) is 13.2 Å². The van der Waals surface area contributed by atoms with Crippen LogP contribution in [0.15, 0.2) is 23.0 Å². The van der Waals surface area contributed by atoms with Crippen LogP contribution in [-0.4, -0.2) is 33.6 Å². The summed E-state index contributed by atoms with van der Waals surface area (Å²) in [6.07, 6.45) is 2.95. The van der Waals surface area contributed by atoms with Crippen molar-refractivity contribution in [2.45, 2.75) is 32.2 Å². The Morgan fingerprint density at radius 1 is 1.53 bits per heavy atom. The van der Waals surface area contributed by atoms with Gasteiger partial charge in [0.05, 0.1) is 4.92 Å². The number of unbranched alkanes of at least 4 members (excludes halogenated alkanes) is 1. The molecule has 0 aromatic carbocycles. The summed E-state index contributed by atoms with van der Waals surface area (Å²) in [6.45, 7) is 4.47. The van der Waals surface area contributed by atoms with Crippen molar-refractivity contribution >= 4 is 11.6 Å². The van der Waals surface area contributed by atoms with E-state index < -0.39 is 10.4 Å². The molecule has 1 heterocycles. The lowest BCUT2D eigenvalue weighted by Crippen LogP contribution is -2.37. The van der Waals surface area contributed by atoms with Crippen molar-refractivity contribution in [3.05, 3.63) is 33.2 Å². The van der Waals surface area contributed by atoms with Gasteiger partial charge >= 0.3 is 0 Å². The zero-order valence-corrected chi connectivity index (χ0v) is 10.8. The first-order chi connectivity index (χ1) is 7.99. The van der Waals surface area contributed by atoms with Crippen LogP contribution in [0.5, 0.6) is 0 Å². The first kappa shape index (κ1) is 14.0. The fourth-order valence-electron chi connectivity index (χ4n) is 1.77. The minimum Gasteiger partial charge on any atom is -0.396 e. The Morgan fingerprint density at radius 2 is 2.18 bits per heavy atom. The molecule has 5 nitrogen and oxygen atoms in total. The second-order valence-electron chi connectivity index (χ2n) is 4.05. The molecular weight excluding hydrogens is 244 g/mol. The first-order valence-electron chi connectivity index (χ1n) is 5.54. The van der Waals surface area contributed by atoms with Crippen LogP contribution >= 0.6 is 11.6 Å². The Morgan fingerprint density at radius 3 is 2.71 bits per heavy atom. The fraction of sp³-hybridized carbons (Fsp3) is 0.636. The quantitative estimate of drug-likeness (QED) is 0.270. The predicted octanol–water partition coefficient (Wildman–Crippen LogP) is 2.09. The Bertz CT molecular complexity index is 366. The number of nitro groups is 1. The van der Waals surface area contributed by atoms with Gasteiger partial charge in [0.25, 0.3) is 5.70 Å². The fourth-order valence-corrected chi connectivity index (χ4v) is 2.15. The highest BCUT2D eigenvalue weighted by molar-refractivity contribution is 6.22. The highest BCUT2D eigenvalue weighted by Crippen LogP contribution is 2.29. The molecule has 1 rings (SSSR count). The van der Waals surface area contributed by atoms with Crippen LogP contribution in [-0.2, 0) is 0 Å². The summed E-state index contributed by atoms with van der Waals surface area (Å²) in [5, 5.41) is 19.6. The van der Waals surface area contributed by atoms with E-state index in [1.165, 1.54) is 6.08 Å². The van der Waals surface area contributed by atoms with Gasteiger partial charge in [-0.2, -0.15) is 0 Å². The Kier molecular flexibility index (Phi) is 4.96. The molecule has 17 heavy (non-hydrogen) atoms. The van der Waals surface area contributed by atoms with Crippen molar-refractivity contribution < 1.29 is 10.0 Å². The summed E-state index contributed by atoms with van der Waals surface area (Å²) in [4.78, 5) is 12.2. The van der Waals surface area contributed by atoms with Crippen molar-refractivity contribution in [1.82, 2.24) is 4.90 Å². The van der Waals surface area contributed by atoms with Crippen LogP contribution < -0.4 is 0 Å². The lowest BCUT2D eigenvalue weighted by molar-refractivity contribution is -0.430. The number of halogens is 1. The van der Waals surface area contributed by atoms with E-state index in [0.717, 1.165) is 17.7 Å². The van der Waals surface area contributed by atoms with Crippen molar-refractivity contribution in [1.29, 1.82) is 0 Å². The second-order valence-corrected chi connectivity index (χ2v) is 4.47. The summed E-state index contributed by atoms with van der Waals surface area (Å²) < 4.78 is 0. The van der Waals surface area contributed by atoms with Gasteiger partial charge in [-0.1, -0.05) is 11.6 Å². The van der Waals surface area contributed by atoms with Crippen LogP contribution in [0, 0.1) is 10.1 Å². The van der Waals surface area contributed by atoms with Gasteiger partial charge in [0.15, 0.2) is 5.50 Å². The van der Waals surface area contributed by atoms with Gasteiger partial charge in [0, 0.05) is 24.9 Å². The van der Waals surface area contributed by atoms with Crippen LogP contribution in [0.3, 0.4) is 0 Å². The van der Waals surface area contributed by atoms with Crippen LogP contribution in [0.1, 0.15) is 26.7 Å². The lowest BCUT2D eigenvalue weighted by Gasteiger charge is -2.32. The summed E-state index contributed by atoms with van der Waals surface area (Å²) >= 11 is 6.10. The molecule has 1 aliphatic rings. The van der Waals surface area contributed by atoms with E-state index in [4.69, 9.17) is 16.7 Å². The SMILES string of the molecule is CC1=C(C)N(CCCCO)C(Cl)C([N+](=O)[O-])=C1. The zero-order chi connectivity index (χ0) is 13.0. The van der Waals surface area contributed by atoms with E-state index >= 15 is 0 Å². The van der Waals surface area contributed by atoms with E-state index in [9.17, 15) is 10.1 Å². The van der Waals surface area contributed by atoms with Crippen molar-refractivity contribution in [3.8, 4) is 0 Å². The third kappa shape index (κ3) is 3.20. The molecule has 1 N–H and O–H groups in total. The second kappa shape index (κ2) is 6.02. The topological polar surface area (TPSA) is 66.6 Å². The molecule has 96 valence electrons. The van der Waals surface area contributed by atoms with Crippen LogP contribution in [0.25, 0.3) is 0 Å². The number of hydrogen-bond acceptors (Lipinski definition) is 4. The molecule has 1 aliphatic heterocycles. The molecule has 0 fully saturated rings. The van der Waals surface area contributed by atoms with Gasteiger partial charge in [-0.05, 0) is 32.3 Å². The summed E-state index contributed by atoms with van der Waals surface area (Å²) in [6, 6.07) is 0. The van der Waals surface area contributed by atoms with Gasteiger partial charge in [0.1, 0.15) is 0 Å². The predicted molar refractivity (Wildman–Crippen MR) is 66.1 cm³/mol. The van der Waals surface area contributed by atoms with Gasteiger partial charge in [-0.3, -0.25) is 10.1 Å². The van der Waals surface area contributed by atoms with Gasteiger partial charge in [-0.25, -0.2) is 0 Å². The minimum atomic E-state index is -0.729. The van der Waals surface area contributed by atoms with Crippen LogP contribution in [0.4, 0.5) is 0 Å². The van der Waals surface area contributed by atoms with Gasteiger partial charge in [-0.15, -0.1) is 0 Å². The molecule has 1 unspecified atom stereocenters. The lowest BCUT2D eigenvalue weighted by atomic mass is 10.1. The van der Waals surface area contributed by atoms with E-state index in [1.54, 1.807) is 0 Å². The number of hydrogen-bond donors (Lipinski definition) is 1. The van der Waals surface area contributed by atoms with E-state index in [2.05, 4.69) is 0 Å². The largest absolute Gasteiger partial charge is 0.396 e. The molecule has 0 saturated heterocycles. The van der Waals surface area contributed by atoms with Gasteiger partial charge < -0.3 is 10.0 Å². The monoisotopic (exact) mass is 260 g/mol. The molecule has 0 amide bonds. The molecular formula is C11H17ClN2O3. The number of alkyl halides is 1. The van der Waals surface area contributed by atoms with E-state index in [1.807, 2.05) is 18.7 Å². The highest BCUT2D eigenvalue weighted by Gasteiger charge is 2.32. The smallest absolute Gasteiger partial charge is 0.284 e. The molecule has 1 atom stereocenters. The molecule has 0 bridgehead atoms. The summed E-state index contributed by atoms with van der Waals surface area (Å²) in [5.74, 6) is 0. The average Bonchev–Trinajstić information content (AvgIpc) is 2.28. The maximum Gasteiger partial charge on any atom is 0.284 e. The number of rotatable bonds is 5. The number of nitrogens with zero attached hydrogens (tertiary/aromatic N) is 2. The number of aliphatic hydroxyl groups excluding tert-OH is 1. The maximum atomic E-state index is 10.9.